The van der Waals surface area contributed by atoms with Crippen LogP contribution in [-0.4, -0.2) is 40.2 Å². The summed E-state index contributed by atoms with van der Waals surface area (Å²) in [7, 11) is 0. The first-order chi connectivity index (χ1) is 8.10. The van der Waals surface area contributed by atoms with E-state index >= 15 is 0 Å². The van der Waals surface area contributed by atoms with Crippen LogP contribution in [0.1, 0.15) is 13.3 Å². The normalized spacial score (nSPS) is 10.3. The van der Waals surface area contributed by atoms with E-state index in [9.17, 15) is 4.39 Å². The fourth-order valence-corrected chi connectivity index (χ4v) is 1.48. The van der Waals surface area contributed by atoms with Crippen molar-refractivity contribution in [1.29, 1.82) is 10.8 Å². The molecule has 0 radical (unpaired) electrons. The molecule has 0 aromatic carbocycles. The highest BCUT2D eigenvalue weighted by atomic mass is 19.1. The summed E-state index contributed by atoms with van der Waals surface area (Å²) in [5, 5.41) is 24.3. The van der Waals surface area contributed by atoms with E-state index in [4.69, 9.17) is 15.9 Å². The van der Waals surface area contributed by atoms with E-state index in [1.54, 1.807) is 4.90 Å². The van der Waals surface area contributed by atoms with Crippen LogP contribution in [0, 0.1) is 16.6 Å². The van der Waals surface area contributed by atoms with Gasteiger partial charge in [-0.3, -0.25) is 15.4 Å². The predicted octanol–water partition coefficient (Wildman–Crippen LogP) is 0.594. The van der Waals surface area contributed by atoms with Gasteiger partial charge in [-0.2, -0.15) is 0 Å². The second kappa shape index (κ2) is 6.15. The highest BCUT2D eigenvalue weighted by Crippen LogP contribution is 1.97. The van der Waals surface area contributed by atoms with E-state index in [1.165, 1.54) is 16.7 Å². The monoisotopic (exact) mass is 240 g/mol. The lowest BCUT2D eigenvalue weighted by molar-refractivity contribution is 0.267. The van der Waals surface area contributed by atoms with Gasteiger partial charge >= 0.3 is 0 Å². The number of hydrogen-bond acceptors (Lipinski definition) is 3. The zero-order chi connectivity index (χ0) is 12.8. The molecule has 1 heterocycles. The van der Waals surface area contributed by atoms with Crippen molar-refractivity contribution < 1.29 is 9.50 Å². The van der Waals surface area contributed by atoms with E-state index in [-0.39, 0.29) is 18.1 Å². The second-order valence-corrected chi connectivity index (χ2v) is 3.58. The third-order valence-electron chi connectivity index (χ3n) is 2.41. The van der Waals surface area contributed by atoms with Crippen molar-refractivity contribution in [3.8, 4) is 0 Å². The molecule has 3 N–H and O–H groups in total. The fourth-order valence-electron chi connectivity index (χ4n) is 1.48. The number of aliphatic hydroxyl groups is 1. The SMILES string of the molecule is CCN(CCCO)C(=N)n1cc(F)ccc1=N. The molecule has 0 atom stereocenters. The Bertz CT molecular complexity index is 443. The highest BCUT2D eigenvalue weighted by molar-refractivity contribution is 5.79. The Hall–Kier alpha value is -1.69. The summed E-state index contributed by atoms with van der Waals surface area (Å²) >= 11 is 0. The number of hydrogen-bond donors (Lipinski definition) is 3. The van der Waals surface area contributed by atoms with Gasteiger partial charge in [-0.1, -0.05) is 0 Å². The van der Waals surface area contributed by atoms with Crippen LogP contribution in [0.4, 0.5) is 4.39 Å². The molecule has 94 valence electrons. The molecule has 0 bridgehead atoms. The summed E-state index contributed by atoms with van der Waals surface area (Å²) in [5.41, 5.74) is 0.0545. The largest absolute Gasteiger partial charge is 0.396 e. The van der Waals surface area contributed by atoms with Crippen molar-refractivity contribution >= 4 is 5.96 Å². The molecule has 0 aliphatic carbocycles. The van der Waals surface area contributed by atoms with Crippen molar-refractivity contribution in [1.82, 2.24) is 9.47 Å². The topological polar surface area (TPSA) is 76.1 Å². The molecule has 0 spiro atoms. The van der Waals surface area contributed by atoms with Crippen LogP contribution in [0.2, 0.25) is 0 Å². The average molecular weight is 240 g/mol. The van der Waals surface area contributed by atoms with Gasteiger partial charge in [0.15, 0.2) is 0 Å². The minimum atomic E-state index is -0.482. The summed E-state index contributed by atoms with van der Waals surface area (Å²) < 4.78 is 14.2. The molecule has 0 unspecified atom stereocenters. The van der Waals surface area contributed by atoms with Gasteiger partial charge in [0.05, 0.1) is 0 Å². The van der Waals surface area contributed by atoms with Gasteiger partial charge in [0.25, 0.3) is 0 Å². The van der Waals surface area contributed by atoms with Crippen LogP contribution in [0.3, 0.4) is 0 Å². The van der Waals surface area contributed by atoms with Gasteiger partial charge in [0, 0.05) is 25.9 Å². The van der Waals surface area contributed by atoms with E-state index < -0.39 is 5.82 Å². The van der Waals surface area contributed by atoms with E-state index in [0.29, 0.717) is 19.5 Å². The molecule has 0 aliphatic heterocycles. The van der Waals surface area contributed by atoms with Gasteiger partial charge < -0.3 is 10.0 Å². The standard InChI is InChI=1S/C11H17FN4O/c1-2-15(6-3-7-17)11(14)16-8-9(12)4-5-10(16)13/h4-5,8,13-14,17H,2-3,6-7H2,1H3. The van der Waals surface area contributed by atoms with Gasteiger partial charge in [-0.15, -0.1) is 0 Å². The Balaban J connectivity index is 2.93. The first-order valence-electron chi connectivity index (χ1n) is 5.47. The molecule has 0 amide bonds. The Morgan fingerprint density at radius 3 is 2.82 bits per heavy atom. The number of rotatable bonds is 4. The molecular weight excluding hydrogens is 223 g/mol. The molecule has 0 saturated heterocycles. The van der Waals surface area contributed by atoms with Gasteiger partial charge in [0.1, 0.15) is 11.3 Å². The Morgan fingerprint density at radius 1 is 1.53 bits per heavy atom. The molecule has 0 saturated carbocycles. The average Bonchev–Trinajstić information content (AvgIpc) is 2.33. The van der Waals surface area contributed by atoms with Gasteiger partial charge in [-0.05, 0) is 25.5 Å². The molecule has 1 rings (SSSR count). The summed E-state index contributed by atoms with van der Waals surface area (Å²) in [6.07, 6.45) is 1.66. The molecule has 17 heavy (non-hydrogen) atoms. The summed E-state index contributed by atoms with van der Waals surface area (Å²) in [5.74, 6) is -0.436. The van der Waals surface area contributed by atoms with Crippen LogP contribution < -0.4 is 5.49 Å². The lowest BCUT2D eigenvalue weighted by atomic mass is 10.4. The third-order valence-corrected chi connectivity index (χ3v) is 2.41. The number of nitrogens with one attached hydrogen (secondary N) is 2. The summed E-state index contributed by atoms with van der Waals surface area (Å²) in [4.78, 5) is 1.67. The number of halogens is 1. The zero-order valence-electron chi connectivity index (χ0n) is 9.78. The quantitative estimate of drug-likeness (QED) is 0.532. The van der Waals surface area contributed by atoms with Gasteiger partial charge in [-0.25, -0.2) is 4.39 Å². The van der Waals surface area contributed by atoms with Crippen LogP contribution in [0.15, 0.2) is 18.3 Å². The first-order valence-corrected chi connectivity index (χ1v) is 5.47. The van der Waals surface area contributed by atoms with E-state index in [0.717, 1.165) is 6.20 Å². The fraction of sp³-hybridized carbons (Fsp3) is 0.455. The molecular formula is C11H17FN4O. The van der Waals surface area contributed by atoms with Crippen molar-refractivity contribution in [3.05, 3.63) is 29.6 Å². The molecule has 0 fully saturated rings. The van der Waals surface area contributed by atoms with Crippen molar-refractivity contribution in [2.24, 2.45) is 0 Å². The minimum absolute atomic E-state index is 0.0467. The maximum Gasteiger partial charge on any atom is 0.203 e. The highest BCUT2D eigenvalue weighted by Gasteiger charge is 2.10. The maximum absolute atomic E-state index is 13.1. The van der Waals surface area contributed by atoms with Crippen LogP contribution >= 0.6 is 0 Å². The molecule has 5 nitrogen and oxygen atoms in total. The number of pyridine rings is 1. The van der Waals surface area contributed by atoms with Crippen molar-refractivity contribution in [2.45, 2.75) is 13.3 Å². The van der Waals surface area contributed by atoms with Crippen LogP contribution in [0.5, 0.6) is 0 Å². The number of aliphatic hydroxyl groups excluding tert-OH is 1. The molecule has 1 aromatic rings. The third kappa shape index (κ3) is 3.39. The number of aromatic nitrogens is 1. The van der Waals surface area contributed by atoms with Gasteiger partial charge in [0.2, 0.25) is 5.96 Å². The van der Waals surface area contributed by atoms with Crippen LogP contribution in [-0.2, 0) is 0 Å². The second-order valence-electron chi connectivity index (χ2n) is 3.58. The van der Waals surface area contributed by atoms with E-state index in [1.807, 2.05) is 6.92 Å². The van der Waals surface area contributed by atoms with E-state index in [2.05, 4.69) is 0 Å². The Morgan fingerprint density at radius 2 is 2.24 bits per heavy atom. The summed E-state index contributed by atoms with van der Waals surface area (Å²) in [6.45, 7) is 3.00. The molecule has 1 aromatic heterocycles. The Kier molecular flexibility index (Phi) is 4.84. The molecule has 0 aliphatic rings. The lowest BCUT2D eigenvalue weighted by Crippen LogP contribution is -2.41. The summed E-state index contributed by atoms with van der Waals surface area (Å²) in [6, 6.07) is 2.50. The lowest BCUT2D eigenvalue weighted by Gasteiger charge is -2.24. The minimum Gasteiger partial charge on any atom is -0.396 e. The molecule has 6 heteroatoms. The smallest absolute Gasteiger partial charge is 0.203 e. The van der Waals surface area contributed by atoms with Crippen LogP contribution in [0.25, 0.3) is 0 Å². The predicted molar refractivity (Wildman–Crippen MR) is 62.3 cm³/mol. The number of nitrogens with zero attached hydrogens (tertiary/aromatic N) is 2. The van der Waals surface area contributed by atoms with Crippen molar-refractivity contribution in [2.75, 3.05) is 19.7 Å². The Labute approximate surface area is 99.1 Å². The first kappa shape index (κ1) is 13.4. The zero-order valence-corrected chi connectivity index (χ0v) is 9.78. The maximum atomic E-state index is 13.1. The van der Waals surface area contributed by atoms with Crippen molar-refractivity contribution in [3.63, 3.8) is 0 Å².